The molecule has 1 N–H and O–H groups in total. The molecule has 2 nitrogen and oxygen atoms in total. The number of halogens is 3. The highest BCUT2D eigenvalue weighted by Gasteiger charge is 2.32. The highest BCUT2D eigenvalue weighted by Crippen LogP contribution is 2.29. The first-order valence-corrected chi connectivity index (χ1v) is 6.35. The molecule has 1 rings (SSSR count). The summed E-state index contributed by atoms with van der Waals surface area (Å²) in [5.74, 6) is 0. The molecule has 0 amide bonds. The number of alkyl halides is 3. The lowest BCUT2D eigenvalue weighted by atomic mass is 10.0. The Balaban J connectivity index is 2.56. The van der Waals surface area contributed by atoms with E-state index in [0.717, 1.165) is 0 Å². The summed E-state index contributed by atoms with van der Waals surface area (Å²) in [4.78, 5) is 0. The first-order valence-electron chi connectivity index (χ1n) is 6.35. The van der Waals surface area contributed by atoms with Gasteiger partial charge in [-0.1, -0.05) is 30.3 Å². The SMILES string of the molecule is CC(C)OCCNC(CC(F)(F)F)c1ccccc1. The van der Waals surface area contributed by atoms with Gasteiger partial charge < -0.3 is 10.1 Å². The molecule has 0 aromatic heterocycles. The zero-order valence-electron chi connectivity index (χ0n) is 11.2. The monoisotopic (exact) mass is 275 g/mol. The molecule has 0 spiro atoms. The maximum absolute atomic E-state index is 12.6. The van der Waals surface area contributed by atoms with Gasteiger partial charge in [0.2, 0.25) is 0 Å². The summed E-state index contributed by atoms with van der Waals surface area (Å²) in [6.07, 6.45) is -4.98. The average molecular weight is 275 g/mol. The lowest BCUT2D eigenvalue weighted by Gasteiger charge is -2.21. The Morgan fingerprint density at radius 2 is 1.79 bits per heavy atom. The largest absolute Gasteiger partial charge is 0.390 e. The minimum absolute atomic E-state index is 0.0830. The first kappa shape index (κ1) is 16.0. The highest BCUT2D eigenvalue weighted by molar-refractivity contribution is 5.19. The Labute approximate surface area is 112 Å². The summed E-state index contributed by atoms with van der Waals surface area (Å²) in [6, 6.07) is 7.95. The predicted molar refractivity (Wildman–Crippen MR) is 68.9 cm³/mol. The van der Waals surface area contributed by atoms with Crippen molar-refractivity contribution in [2.75, 3.05) is 13.2 Å². The molecule has 0 radical (unpaired) electrons. The molecule has 0 heterocycles. The maximum atomic E-state index is 12.6. The predicted octanol–water partition coefficient (Wildman–Crippen LogP) is 3.69. The van der Waals surface area contributed by atoms with Crippen molar-refractivity contribution in [2.24, 2.45) is 0 Å². The lowest BCUT2D eigenvalue weighted by molar-refractivity contribution is -0.140. The van der Waals surface area contributed by atoms with E-state index in [9.17, 15) is 13.2 Å². The molecule has 0 fully saturated rings. The Bertz CT molecular complexity index is 351. The van der Waals surface area contributed by atoms with Crippen molar-refractivity contribution < 1.29 is 17.9 Å². The Morgan fingerprint density at radius 3 is 2.32 bits per heavy atom. The van der Waals surface area contributed by atoms with E-state index in [-0.39, 0.29) is 6.10 Å². The molecule has 1 aromatic rings. The summed E-state index contributed by atoms with van der Waals surface area (Å²) < 4.78 is 43.0. The van der Waals surface area contributed by atoms with Crippen LogP contribution in [0.2, 0.25) is 0 Å². The van der Waals surface area contributed by atoms with Gasteiger partial charge in [0.1, 0.15) is 0 Å². The van der Waals surface area contributed by atoms with Gasteiger partial charge in [0.15, 0.2) is 0 Å². The van der Waals surface area contributed by atoms with Crippen LogP contribution in [0, 0.1) is 0 Å². The van der Waals surface area contributed by atoms with Crippen molar-refractivity contribution in [3.8, 4) is 0 Å². The fourth-order valence-corrected chi connectivity index (χ4v) is 1.75. The molecule has 5 heteroatoms. The van der Waals surface area contributed by atoms with Crippen LogP contribution in [0.4, 0.5) is 13.2 Å². The third kappa shape index (κ3) is 7.18. The van der Waals surface area contributed by atoms with Gasteiger partial charge in [-0.25, -0.2) is 0 Å². The van der Waals surface area contributed by atoms with E-state index in [1.54, 1.807) is 30.3 Å². The molecule has 1 unspecified atom stereocenters. The van der Waals surface area contributed by atoms with Crippen LogP contribution in [0.15, 0.2) is 30.3 Å². The number of benzene rings is 1. The number of rotatable bonds is 7. The number of ether oxygens (including phenoxy) is 1. The second kappa shape index (κ2) is 7.50. The standard InChI is InChI=1S/C14H20F3NO/c1-11(2)19-9-8-18-13(10-14(15,16)17)12-6-4-3-5-7-12/h3-7,11,13,18H,8-10H2,1-2H3. The van der Waals surface area contributed by atoms with Crippen molar-refractivity contribution in [3.05, 3.63) is 35.9 Å². The molecule has 0 aliphatic carbocycles. The average Bonchev–Trinajstić information content (AvgIpc) is 2.32. The summed E-state index contributed by atoms with van der Waals surface area (Å²) >= 11 is 0. The minimum Gasteiger partial charge on any atom is -0.377 e. The van der Waals surface area contributed by atoms with E-state index in [2.05, 4.69) is 5.32 Å². The Hall–Kier alpha value is -1.07. The van der Waals surface area contributed by atoms with Gasteiger partial charge in [-0.3, -0.25) is 0 Å². The molecule has 0 bridgehead atoms. The van der Waals surface area contributed by atoms with Crippen molar-refractivity contribution in [2.45, 2.75) is 38.6 Å². The smallest absolute Gasteiger partial charge is 0.377 e. The van der Waals surface area contributed by atoms with Crippen LogP contribution in [-0.2, 0) is 4.74 Å². The van der Waals surface area contributed by atoms with Crippen molar-refractivity contribution in [1.29, 1.82) is 0 Å². The molecule has 19 heavy (non-hydrogen) atoms. The number of hydrogen-bond donors (Lipinski definition) is 1. The summed E-state index contributed by atoms with van der Waals surface area (Å²) in [5, 5.41) is 2.90. The molecule has 0 saturated heterocycles. The van der Waals surface area contributed by atoms with E-state index >= 15 is 0 Å². The van der Waals surface area contributed by atoms with E-state index < -0.39 is 18.6 Å². The third-order valence-corrected chi connectivity index (χ3v) is 2.58. The van der Waals surface area contributed by atoms with Gasteiger partial charge in [0.05, 0.1) is 19.1 Å². The number of hydrogen-bond acceptors (Lipinski definition) is 2. The van der Waals surface area contributed by atoms with Gasteiger partial charge in [-0.2, -0.15) is 13.2 Å². The number of nitrogens with one attached hydrogen (secondary N) is 1. The van der Waals surface area contributed by atoms with E-state index in [1.165, 1.54) is 0 Å². The van der Waals surface area contributed by atoms with Crippen molar-refractivity contribution in [3.63, 3.8) is 0 Å². The van der Waals surface area contributed by atoms with Gasteiger partial charge >= 0.3 is 6.18 Å². The Morgan fingerprint density at radius 1 is 1.16 bits per heavy atom. The fraction of sp³-hybridized carbons (Fsp3) is 0.571. The van der Waals surface area contributed by atoms with E-state index in [4.69, 9.17) is 4.74 Å². The topological polar surface area (TPSA) is 21.3 Å². The maximum Gasteiger partial charge on any atom is 0.390 e. The summed E-state index contributed by atoms with van der Waals surface area (Å²) in [6.45, 7) is 4.58. The minimum atomic E-state index is -4.19. The van der Waals surface area contributed by atoms with Gasteiger partial charge in [0, 0.05) is 12.6 Å². The molecular weight excluding hydrogens is 255 g/mol. The van der Waals surface area contributed by atoms with E-state index in [0.29, 0.717) is 18.7 Å². The normalized spacial score (nSPS) is 13.8. The molecule has 108 valence electrons. The van der Waals surface area contributed by atoms with Gasteiger partial charge in [-0.15, -0.1) is 0 Å². The van der Waals surface area contributed by atoms with Crippen LogP contribution in [0.3, 0.4) is 0 Å². The van der Waals surface area contributed by atoms with Crippen LogP contribution in [0.25, 0.3) is 0 Å². The lowest BCUT2D eigenvalue weighted by Crippen LogP contribution is -2.30. The van der Waals surface area contributed by atoms with Crippen molar-refractivity contribution in [1.82, 2.24) is 5.32 Å². The van der Waals surface area contributed by atoms with Crippen LogP contribution in [-0.4, -0.2) is 25.4 Å². The summed E-state index contributed by atoms with van der Waals surface area (Å²) in [7, 11) is 0. The molecule has 1 aromatic carbocycles. The van der Waals surface area contributed by atoms with Gasteiger partial charge in [0.25, 0.3) is 0 Å². The quantitative estimate of drug-likeness (QED) is 0.766. The molecule has 0 aliphatic heterocycles. The van der Waals surface area contributed by atoms with E-state index in [1.807, 2.05) is 13.8 Å². The second-order valence-electron chi connectivity index (χ2n) is 4.66. The van der Waals surface area contributed by atoms with Crippen LogP contribution < -0.4 is 5.32 Å². The summed E-state index contributed by atoms with van der Waals surface area (Å²) in [5.41, 5.74) is 0.643. The zero-order chi connectivity index (χ0) is 14.3. The molecule has 0 aliphatic rings. The molecular formula is C14H20F3NO. The van der Waals surface area contributed by atoms with Crippen LogP contribution >= 0.6 is 0 Å². The van der Waals surface area contributed by atoms with Gasteiger partial charge in [-0.05, 0) is 19.4 Å². The van der Waals surface area contributed by atoms with Crippen LogP contribution in [0.5, 0.6) is 0 Å². The Kier molecular flexibility index (Phi) is 6.31. The second-order valence-corrected chi connectivity index (χ2v) is 4.66. The zero-order valence-corrected chi connectivity index (χ0v) is 11.2. The first-order chi connectivity index (χ1) is 8.88. The van der Waals surface area contributed by atoms with Crippen LogP contribution in [0.1, 0.15) is 31.9 Å². The molecule has 1 atom stereocenters. The highest BCUT2D eigenvalue weighted by atomic mass is 19.4. The fourth-order valence-electron chi connectivity index (χ4n) is 1.75. The third-order valence-electron chi connectivity index (χ3n) is 2.58. The van der Waals surface area contributed by atoms with Crippen molar-refractivity contribution >= 4 is 0 Å². The molecule has 0 saturated carbocycles.